The Morgan fingerprint density at radius 1 is 0.903 bits per heavy atom. The van der Waals surface area contributed by atoms with Gasteiger partial charge in [-0.2, -0.15) is 0 Å². The Bertz CT molecular complexity index is 976. The predicted octanol–water partition coefficient (Wildman–Crippen LogP) is 3.52. The Morgan fingerprint density at radius 3 is 1.94 bits per heavy atom. The molecule has 0 bridgehead atoms. The summed E-state index contributed by atoms with van der Waals surface area (Å²) in [6.07, 6.45) is -1.08. The monoisotopic (exact) mass is 423 g/mol. The molecule has 1 aliphatic rings. The number of benzene rings is 2. The molecule has 0 spiro atoms. The number of esters is 1. The van der Waals surface area contributed by atoms with E-state index in [0.29, 0.717) is 17.9 Å². The number of carbonyl (C=O) groups excluding carboxylic acids is 4. The third kappa shape index (κ3) is 4.35. The van der Waals surface area contributed by atoms with Crippen LogP contribution in [0.15, 0.2) is 48.5 Å². The first-order valence-electron chi connectivity index (χ1n) is 10.2. The maximum Gasteiger partial charge on any atom is 0.330 e. The van der Waals surface area contributed by atoms with Crippen molar-refractivity contribution in [2.45, 2.75) is 39.8 Å². The summed E-state index contributed by atoms with van der Waals surface area (Å²) in [5.41, 5.74) is 0.875. The Morgan fingerprint density at radius 2 is 1.45 bits per heavy atom. The summed E-state index contributed by atoms with van der Waals surface area (Å²) in [7, 11) is 0. The molecular weight excluding hydrogens is 398 g/mol. The van der Waals surface area contributed by atoms with Crippen molar-refractivity contribution >= 4 is 23.6 Å². The number of hydrogen-bond donors (Lipinski definition) is 0. The van der Waals surface area contributed by atoms with Gasteiger partial charge in [-0.3, -0.25) is 19.3 Å². The lowest BCUT2D eigenvalue weighted by molar-refractivity contribution is -0.152. The Balaban J connectivity index is 1.76. The van der Waals surface area contributed by atoms with Crippen LogP contribution in [-0.2, 0) is 9.53 Å². The van der Waals surface area contributed by atoms with Gasteiger partial charge in [0.25, 0.3) is 11.8 Å². The Hall–Kier alpha value is -3.48. The van der Waals surface area contributed by atoms with Gasteiger partial charge in [0, 0.05) is 5.56 Å². The van der Waals surface area contributed by atoms with Crippen molar-refractivity contribution in [2.24, 2.45) is 5.92 Å². The molecule has 2 atom stereocenters. The fourth-order valence-corrected chi connectivity index (χ4v) is 3.55. The van der Waals surface area contributed by atoms with Gasteiger partial charge in [-0.05, 0) is 56.2 Å². The van der Waals surface area contributed by atoms with Gasteiger partial charge in [0.15, 0.2) is 6.10 Å². The molecule has 0 aliphatic carbocycles. The highest BCUT2D eigenvalue weighted by Crippen LogP contribution is 2.28. The van der Waals surface area contributed by atoms with Gasteiger partial charge in [-0.1, -0.05) is 26.0 Å². The average molecular weight is 423 g/mol. The molecule has 2 amide bonds. The summed E-state index contributed by atoms with van der Waals surface area (Å²) < 4.78 is 10.8. The molecule has 31 heavy (non-hydrogen) atoms. The van der Waals surface area contributed by atoms with Crippen LogP contribution in [0.4, 0.5) is 0 Å². The molecule has 0 saturated carbocycles. The molecule has 3 rings (SSSR count). The molecule has 0 saturated heterocycles. The summed E-state index contributed by atoms with van der Waals surface area (Å²) in [5, 5.41) is 0. The number of imide groups is 1. The molecule has 7 heteroatoms. The summed E-state index contributed by atoms with van der Waals surface area (Å²) in [6, 6.07) is 11.8. The summed E-state index contributed by atoms with van der Waals surface area (Å²) in [6.45, 7) is 7.27. The number of Topliss-reactive ketones (excluding diaryl/α,β-unsaturated/α-hetero) is 1. The number of nitrogens with zero attached hydrogens (tertiary/aromatic N) is 1. The van der Waals surface area contributed by atoms with Gasteiger partial charge in [0.05, 0.1) is 17.7 Å². The highest BCUT2D eigenvalue weighted by molar-refractivity contribution is 6.22. The standard InChI is InChI=1S/C24H25NO6/c1-5-30-17-12-10-16(11-13-17)21(26)15(4)31-24(29)20(14(2)3)25-22(27)18-8-6-7-9-19(18)23(25)28/h6-15,20H,5H2,1-4H3/t15-,20+/m1/s1. The molecule has 1 heterocycles. The van der Waals surface area contributed by atoms with Crippen LogP contribution in [0.25, 0.3) is 0 Å². The zero-order valence-corrected chi connectivity index (χ0v) is 18.0. The third-order valence-electron chi connectivity index (χ3n) is 5.09. The fourth-order valence-electron chi connectivity index (χ4n) is 3.55. The zero-order valence-electron chi connectivity index (χ0n) is 18.0. The number of amides is 2. The van der Waals surface area contributed by atoms with E-state index in [0.717, 1.165) is 4.90 Å². The number of ether oxygens (including phenoxy) is 2. The topological polar surface area (TPSA) is 90.0 Å². The van der Waals surface area contributed by atoms with Crippen LogP contribution in [0.3, 0.4) is 0 Å². The number of rotatable bonds is 8. The van der Waals surface area contributed by atoms with E-state index in [1.54, 1.807) is 62.4 Å². The number of carbonyl (C=O) groups is 4. The van der Waals surface area contributed by atoms with E-state index in [1.807, 2.05) is 6.92 Å². The van der Waals surface area contributed by atoms with E-state index < -0.39 is 35.8 Å². The van der Waals surface area contributed by atoms with Crippen LogP contribution in [0, 0.1) is 5.92 Å². The van der Waals surface area contributed by atoms with Crippen molar-refractivity contribution in [1.29, 1.82) is 0 Å². The van der Waals surface area contributed by atoms with Crippen molar-refractivity contribution in [3.8, 4) is 5.75 Å². The molecular formula is C24H25NO6. The van der Waals surface area contributed by atoms with Crippen molar-refractivity contribution in [1.82, 2.24) is 4.90 Å². The second-order valence-electron chi connectivity index (χ2n) is 7.62. The summed E-state index contributed by atoms with van der Waals surface area (Å²) >= 11 is 0. The van der Waals surface area contributed by atoms with Crippen molar-refractivity contribution in [3.63, 3.8) is 0 Å². The van der Waals surface area contributed by atoms with Gasteiger partial charge in [0.1, 0.15) is 11.8 Å². The number of fused-ring (bicyclic) bond motifs is 1. The second kappa shape index (κ2) is 9.12. The molecule has 0 fully saturated rings. The van der Waals surface area contributed by atoms with E-state index in [9.17, 15) is 19.2 Å². The highest BCUT2D eigenvalue weighted by Gasteiger charge is 2.45. The molecule has 162 valence electrons. The lowest BCUT2D eigenvalue weighted by Gasteiger charge is -2.28. The SMILES string of the molecule is CCOc1ccc(C(=O)[C@@H](C)OC(=O)[C@H](C(C)C)N2C(=O)c3ccccc3C2=O)cc1. The minimum Gasteiger partial charge on any atom is -0.494 e. The summed E-state index contributed by atoms with van der Waals surface area (Å²) in [5.74, 6) is -2.03. The molecule has 0 unspecified atom stereocenters. The number of ketones is 1. The molecule has 2 aromatic rings. The molecule has 2 aromatic carbocycles. The molecule has 0 aromatic heterocycles. The van der Waals surface area contributed by atoms with Crippen molar-refractivity contribution in [3.05, 3.63) is 65.2 Å². The van der Waals surface area contributed by atoms with Crippen molar-refractivity contribution in [2.75, 3.05) is 6.61 Å². The molecule has 1 aliphatic heterocycles. The third-order valence-corrected chi connectivity index (χ3v) is 5.09. The van der Waals surface area contributed by atoms with E-state index in [1.165, 1.54) is 6.92 Å². The molecule has 7 nitrogen and oxygen atoms in total. The quantitative estimate of drug-likeness (QED) is 0.367. The second-order valence-corrected chi connectivity index (χ2v) is 7.62. The van der Waals surface area contributed by atoms with E-state index in [-0.39, 0.29) is 16.9 Å². The van der Waals surface area contributed by atoms with Crippen LogP contribution in [0.5, 0.6) is 5.75 Å². The first-order chi connectivity index (χ1) is 14.8. The van der Waals surface area contributed by atoms with Crippen LogP contribution in [0.2, 0.25) is 0 Å². The molecule has 0 radical (unpaired) electrons. The maximum atomic E-state index is 13.0. The van der Waals surface area contributed by atoms with Crippen LogP contribution in [0.1, 0.15) is 58.8 Å². The van der Waals surface area contributed by atoms with Crippen LogP contribution < -0.4 is 4.74 Å². The van der Waals surface area contributed by atoms with Crippen molar-refractivity contribution < 1.29 is 28.7 Å². The van der Waals surface area contributed by atoms with Gasteiger partial charge >= 0.3 is 5.97 Å². The van der Waals surface area contributed by atoms with E-state index >= 15 is 0 Å². The van der Waals surface area contributed by atoms with Gasteiger partial charge < -0.3 is 9.47 Å². The number of hydrogen-bond acceptors (Lipinski definition) is 6. The first kappa shape index (κ1) is 22.2. The van der Waals surface area contributed by atoms with Gasteiger partial charge in [-0.25, -0.2) is 4.79 Å². The molecule has 0 N–H and O–H groups in total. The predicted molar refractivity (Wildman–Crippen MR) is 113 cm³/mol. The minimum absolute atomic E-state index is 0.254. The normalized spacial score (nSPS) is 14.9. The lowest BCUT2D eigenvalue weighted by atomic mass is 10.0. The van der Waals surface area contributed by atoms with Gasteiger partial charge in [0.2, 0.25) is 5.78 Å². The smallest absolute Gasteiger partial charge is 0.330 e. The first-order valence-corrected chi connectivity index (χ1v) is 10.2. The highest BCUT2D eigenvalue weighted by atomic mass is 16.5. The van der Waals surface area contributed by atoms with Crippen LogP contribution >= 0.6 is 0 Å². The van der Waals surface area contributed by atoms with E-state index in [2.05, 4.69) is 0 Å². The Kier molecular flexibility index (Phi) is 6.53. The summed E-state index contributed by atoms with van der Waals surface area (Å²) in [4.78, 5) is 52.2. The minimum atomic E-state index is -1.14. The van der Waals surface area contributed by atoms with E-state index in [4.69, 9.17) is 9.47 Å². The Labute approximate surface area is 180 Å². The maximum absolute atomic E-state index is 13.0. The lowest BCUT2D eigenvalue weighted by Crippen LogP contribution is -2.49. The van der Waals surface area contributed by atoms with Crippen LogP contribution in [-0.4, -0.2) is 47.2 Å². The average Bonchev–Trinajstić information content (AvgIpc) is 2.99. The van der Waals surface area contributed by atoms with Gasteiger partial charge in [-0.15, -0.1) is 0 Å². The fraction of sp³-hybridized carbons (Fsp3) is 0.333. The zero-order chi connectivity index (χ0) is 22.7. The largest absolute Gasteiger partial charge is 0.494 e.